The first-order valence-electron chi connectivity index (χ1n) is 4.51. The zero-order valence-corrected chi connectivity index (χ0v) is 8.37. The molecular weight excluding hydrogens is 208 g/mol. The Morgan fingerprint density at radius 2 is 1.81 bits per heavy atom. The summed E-state index contributed by atoms with van der Waals surface area (Å²) in [4.78, 5) is 20.0. The van der Waals surface area contributed by atoms with Gasteiger partial charge in [0.05, 0.1) is 11.8 Å². The summed E-state index contributed by atoms with van der Waals surface area (Å²) in [6.45, 7) is 0. The average molecular weight is 218 g/mol. The lowest BCUT2D eigenvalue weighted by atomic mass is 10.2. The van der Waals surface area contributed by atoms with E-state index in [-0.39, 0.29) is 0 Å². The Balaban J connectivity index is 0.000000165. The zero-order chi connectivity index (χ0) is 11.8. The summed E-state index contributed by atoms with van der Waals surface area (Å²) in [5.41, 5.74) is 0.331. The molecule has 0 spiro atoms. The van der Waals surface area contributed by atoms with Crippen molar-refractivity contribution in [3.05, 3.63) is 60.1 Å². The van der Waals surface area contributed by atoms with Gasteiger partial charge >= 0.3 is 5.97 Å². The van der Waals surface area contributed by atoms with Crippen LogP contribution in [0, 0.1) is 0 Å². The predicted molar refractivity (Wildman–Crippen MR) is 57.5 cm³/mol. The van der Waals surface area contributed by atoms with Crippen molar-refractivity contribution in [3.63, 3.8) is 0 Å². The van der Waals surface area contributed by atoms with E-state index in [1.807, 2.05) is 0 Å². The van der Waals surface area contributed by atoms with Crippen molar-refractivity contribution in [3.8, 4) is 0 Å². The van der Waals surface area contributed by atoms with Gasteiger partial charge in [0.2, 0.25) is 0 Å². The van der Waals surface area contributed by atoms with Gasteiger partial charge in [-0.2, -0.15) is 0 Å². The molecule has 0 radical (unpaired) electrons. The number of carboxylic acids is 1. The predicted octanol–water partition coefficient (Wildman–Crippen LogP) is 2.48. The monoisotopic (exact) mass is 218 g/mol. The third kappa shape index (κ3) is 3.79. The minimum Gasteiger partial charge on any atom is -0.478 e. The Morgan fingerprint density at radius 1 is 1.12 bits per heavy atom. The van der Waals surface area contributed by atoms with Gasteiger partial charge in [-0.1, -0.05) is 18.2 Å². The fourth-order valence-electron chi connectivity index (χ4n) is 0.939. The Hall–Kier alpha value is -2.36. The third-order valence-electron chi connectivity index (χ3n) is 1.68. The van der Waals surface area contributed by atoms with Crippen LogP contribution in [0.4, 0.5) is 0 Å². The summed E-state index contributed by atoms with van der Waals surface area (Å²) in [5.74, 6) is -0.504. The highest BCUT2D eigenvalue weighted by Crippen LogP contribution is 1.96. The molecule has 0 aliphatic rings. The van der Waals surface area contributed by atoms with E-state index in [0.717, 1.165) is 0 Å². The smallest absolute Gasteiger partial charge is 0.335 e. The number of rotatable bonds is 2. The molecule has 1 heterocycles. The minimum atomic E-state index is -0.879. The molecule has 16 heavy (non-hydrogen) atoms. The molecule has 1 aromatic heterocycles. The van der Waals surface area contributed by atoms with Crippen LogP contribution < -0.4 is 0 Å². The molecule has 0 aliphatic carbocycles. The fourth-order valence-corrected chi connectivity index (χ4v) is 0.939. The molecule has 82 valence electrons. The summed E-state index contributed by atoms with van der Waals surface area (Å²) in [6, 6.07) is 11.6. The number of aromatic carboxylic acids is 1. The Bertz CT molecular complexity index is 431. The first-order chi connectivity index (χ1) is 7.74. The maximum absolute atomic E-state index is 10.2. The highest BCUT2D eigenvalue weighted by molar-refractivity contribution is 5.87. The second kappa shape index (κ2) is 6.19. The van der Waals surface area contributed by atoms with E-state index in [1.165, 1.54) is 6.26 Å². The van der Waals surface area contributed by atoms with Gasteiger partial charge in [0.25, 0.3) is 0 Å². The van der Waals surface area contributed by atoms with Crippen molar-refractivity contribution >= 4 is 12.3 Å². The maximum Gasteiger partial charge on any atom is 0.335 e. The Kier molecular flexibility index (Phi) is 4.53. The van der Waals surface area contributed by atoms with E-state index in [9.17, 15) is 9.59 Å². The molecule has 2 rings (SSSR count). The van der Waals surface area contributed by atoms with Crippen molar-refractivity contribution in [1.82, 2.24) is 0 Å². The van der Waals surface area contributed by atoms with Crippen LogP contribution in [0.25, 0.3) is 0 Å². The van der Waals surface area contributed by atoms with E-state index in [1.54, 1.807) is 42.5 Å². The van der Waals surface area contributed by atoms with Crippen LogP contribution in [0.1, 0.15) is 20.9 Å². The van der Waals surface area contributed by atoms with E-state index in [0.29, 0.717) is 17.6 Å². The van der Waals surface area contributed by atoms with Crippen LogP contribution in [0.2, 0.25) is 0 Å². The number of aldehydes is 1. The molecule has 4 heteroatoms. The van der Waals surface area contributed by atoms with Gasteiger partial charge in [-0.25, -0.2) is 4.79 Å². The Morgan fingerprint density at radius 3 is 2.12 bits per heavy atom. The molecule has 2 aromatic rings. The van der Waals surface area contributed by atoms with Crippen LogP contribution >= 0.6 is 0 Å². The molecule has 0 atom stereocenters. The van der Waals surface area contributed by atoms with E-state index >= 15 is 0 Å². The van der Waals surface area contributed by atoms with Crippen molar-refractivity contribution in [2.24, 2.45) is 0 Å². The first-order valence-corrected chi connectivity index (χ1v) is 4.51. The van der Waals surface area contributed by atoms with Crippen molar-refractivity contribution < 1.29 is 19.1 Å². The lowest BCUT2D eigenvalue weighted by Crippen LogP contribution is -1.93. The molecule has 0 unspecified atom stereocenters. The van der Waals surface area contributed by atoms with Gasteiger partial charge in [0.15, 0.2) is 12.0 Å². The maximum atomic E-state index is 10.2. The number of benzene rings is 1. The van der Waals surface area contributed by atoms with Gasteiger partial charge in [-0.15, -0.1) is 0 Å². The standard InChI is InChI=1S/C7H6O2.C5H4O2/c8-7(9)6-4-2-1-3-5-6;6-4-5-2-1-3-7-5/h1-5H,(H,8,9);1-4H. The molecule has 0 bridgehead atoms. The summed E-state index contributed by atoms with van der Waals surface area (Å²) in [7, 11) is 0. The second-order valence-electron chi connectivity index (χ2n) is 2.80. The largest absolute Gasteiger partial charge is 0.478 e. The van der Waals surface area contributed by atoms with Gasteiger partial charge in [-0.3, -0.25) is 4.79 Å². The van der Waals surface area contributed by atoms with Gasteiger partial charge in [-0.05, 0) is 24.3 Å². The lowest BCUT2D eigenvalue weighted by molar-refractivity contribution is 0.0696. The van der Waals surface area contributed by atoms with Crippen LogP contribution in [-0.2, 0) is 0 Å². The van der Waals surface area contributed by atoms with Gasteiger partial charge in [0, 0.05) is 0 Å². The number of furan rings is 1. The summed E-state index contributed by atoms with van der Waals surface area (Å²) in [5, 5.41) is 8.38. The zero-order valence-electron chi connectivity index (χ0n) is 8.37. The highest BCUT2D eigenvalue weighted by atomic mass is 16.4. The van der Waals surface area contributed by atoms with E-state index < -0.39 is 5.97 Å². The molecule has 0 amide bonds. The number of carboxylic acid groups (broad SMARTS) is 1. The minimum absolute atomic E-state index is 0.331. The average Bonchev–Trinajstić information content (AvgIpc) is 2.84. The number of carbonyl (C=O) groups is 2. The van der Waals surface area contributed by atoms with E-state index in [2.05, 4.69) is 4.42 Å². The Labute approximate surface area is 92.1 Å². The second-order valence-corrected chi connectivity index (χ2v) is 2.80. The molecule has 0 saturated carbocycles. The van der Waals surface area contributed by atoms with E-state index in [4.69, 9.17) is 5.11 Å². The topological polar surface area (TPSA) is 67.5 Å². The van der Waals surface area contributed by atoms with Crippen LogP contribution in [0.3, 0.4) is 0 Å². The van der Waals surface area contributed by atoms with Crippen molar-refractivity contribution in [2.45, 2.75) is 0 Å². The first kappa shape index (κ1) is 11.7. The summed E-state index contributed by atoms with van der Waals surface area (Å²) in [6.07, 6.45) is 2.13. The molecule has 1 N–H and O–H groups in total. The molecule has 1 aromatic carbocycles. The normalized spacial score (nSPS) is 8.75. The number of carbonyl (C=O) groups excluding carboxylic acids is 1. The quantitative estimate of drug-likeness (QED) is 0.786. The van der Waals surface area contributed by atoms with Gasteiger partial charge in [0.1, 0.15) is 0 Å². The molecule has 0 aliphatic heterocycles. The third-order valence-corrected chi connectivity index (χ3v) is 1.68. The number of hydrogen-bond acceptors (Lipinski definition) is 3. The van der Waals surface area contributed by atoms with Crippen LogP contribution in [0.15, 0.2) is 53.1 Å². The molecular formula is C12H10O4. The molecule has 4 nitrogen and oxygen atoms in total. The summed E-state index contributed by atoms with van der Waals surface area (Å²) >= 11 is 0. The summed E-state index contributed by atoms with van der Waals surface area (Å²) < 4.78 is 4.61. The number of hydrogen-bond donors (Lipinski definition) is 1. The highest BCUT2D eigenvalue weighted by Gasteiger charge is 1.96. The SMILES string of the molecule is O=C(O)c1ccccc1.O=Cc1ccco1. The fraction of sp³-hybridized carbons (Fsp3) is 0. The van der Waals surface area contributed by atoms with Crippen molar-refractivity contribution in [2.75, 3.05) is 0 Å². The lowest BCUT2D eigenvalue weighted by Gasteiger charge is -1.88. The van der Waals surface area contributed by atoms with Crippen molar-refractivity contribution in [1.29, 1.82) is 0 Å². The van der Waals surface area contributed by atoms with Crippen LogP contribution in [-0.4, -0.2) is 17.4 Å². The molecule has 0 saturated heterocycles. The molecule has 0 fully saturated rings. The van der Waals surface area contributed by atoms with Gasteiger partial charge < -0.3 is 9.52 Å². The van der Waals surface area contributed by atoms with Crippen LogP contribution in [0.5, 0.6) is 0 Å².